The molecular weight excluding hydrogens is 411 g/mol. The molecule has 2 heterocycles. The van der Waals surface area contributed by atoms with Crippen LogP contribution in [0.4, 0.5) is 4.39 Å². The zero-order valence-corrected chi connectivity index (χ0v) is 15.9. The first kappa shape index (κ1) is 19.2. The molecule has 4 N–H and O–H groups in total. The number of nitrogens with zero attached hydrogens (tertiary/aromatic N) is 2. The van der Waals surface area contributed by atoms with Gasteiger partial charge in [-0.1, -0.05) is 18.2 Å². The summed E-state index contributed by atoms with van der Waals surface area (Å²) in [5.41, 5.74) is 4.60. The van der Waals surface area contributed by atoms with Gasteiger partial charge in [0.05, 0.1) is 5.39 Å². The number of amides is 2. The number of hydrogen-bond donors (Lipinski definition) is 4. The van der Waals surface area contributed by atoms with E-state index >= 15 is 0 Å². The van der Waals surface area contributed by atoms with Crippen molar-refractivity contribution in [3.05, 3.63) is 87.1 Å². The van der Waals surface area contributed by atoms with E-state index in [0.717, 1.165) is 0 Å². The number of nitrogens with one attached hydrogen (secondary N) is 4. The molecule has 4 rings (SSSR count). The van der Waals surface area contributed by atoms with Gasteiger partial charge >= 0.3 is 0 Å². The minimum Gasteiger partial charge on any atom is -0.336 e. The van der Waals surface area contributed by atoms with Crippen LogP contribution < -0.4 is 16.4 Å². The molecule has 30 heavy (non-hydrogen) atoms. The molecule has 0 spiro atoms. The van der Waals surface area contributed by atoms with Crippen molar-refractivity contribution < 1.29 is 14.0 Å². The number of imidazole rings is 1. The molecule has 0 saturated carbocycles. The highest BCUT2D eigenvalue weighted by molar-refractivity contribution is 7.71. The number of carbonyl (C=O) groups is 2. The first-order valence-corrected chi connectivity index (χ1v) is 9.01. The third-order valence-electron chi connectivity index (χ3n) is 4.29. The summed E-state index contributed by atoms with van der Waals surface area (Å²) in [6.45, 7) is 0. The van der Waals surface area contributed by atoms with E-state index in [9.17, 15) is 18.8 Å². The fourth-order valence-corrected chi connectivity index (χ4v) is 3.17. The lowest BCUT2D eigenvalue weighted by Crippen LogP contribution is -2.43. The van der Waals surface area contributed by atoms with Crippen molar-refractivity contribution in [3.63, 3.8) is 0 Å². The van der Waals surface area contributed by atoms with Crippen molar-refractivity contribution in [2.24, 2.45) is 0 Å². The fourth-order valence-electron chi connectivity index (χ4n) is 2.91. The number of fused-ring (bicyclic) bond motifs is 1. The second-order valence-corrected chi connectivity index (χ2v) is 6.53. The van der Waals surface area contributed by atoms with Crippen molar-refractivity contribution in [3.8, 4) is 5.69 Å². The van der Waals surface area contributed by atoms with Gasteiger partial charge in [0.25, 0.3) is 17.4 Å². The van der Waals surface area contributed by atoms with Crippen LogP contribution >= 0.6 is 12.2 Å². The monoisotopic (exact) mass is 424 g/mol. The number of H-pyrrole nitrogens is 2. The molecule has 2 aromatic heterocycles. The lowest BCUT2D eigenvalue weighted by Gasteiger charge is -2.10. The molecule has 0 aliphatic rings. The fraction of sp³-hybridized carbons (Fsp3) is 0. The minimum absolute atomic E-state index is 0.0602. The summed E-state index contributed by atoms with van der Waals surface area (Å²) in [6.07, 6.45) is 1.36. The topological polar surface area (TPSA) is 125 Å². The third-order valence-corrected chi connectivity index (χ3v) is 4.59. The molecule has 0 saturated heterocycles. The van der Waals surface area contributed by atoms with Crippen molar-refractivity contribution >= 4 is 34.8 Å². The van der Waals surface area contributed by atoms with E-state index in [0.29, 0.717) is 16.5 Å². The second kappa shape index (κ2) is 7.72. The van der Waals surface area contributed by atoms with E-state index in [2.05, 4.69) is 26.0 Å². The van der Waals surface area contributed by atoms with Crippen LogP contribution in [-0.4, -0.2) is 31.6 Å². The number of rotatable bonds is 3. The molecule has 11 heteroatoms. The summed E-state index contributed by atoms with van der Waals surface area (Å²) in [5.74, 6) is -1.83. The Balaban J connectivity index is 1.57. The van der Waals surface area contributed by atoms with Crippen LogP contribution in [0.2, 0.25) is 0 Å². The Morgan fingerprint density at radius 3 is 2.40 bits per heavy atom. The van der Waals surface area contributed by atoms with E-state index in [-0.39, 0.29) is 16.2 Å². The van der Waals surface area contributed by atoms with Crippen LogP contribution in [0, 0.1) is 10.6 Å². The Labute approximate surface area is 172 Å². The Kier molecular flexibility index (Phi) is 4.94. The van der Waals surface area contributed by atoms with E-state index in [1.807, 2.05) is 0 Å². The van der Waals surface area contributed by atoms with Crippen LogP contribution in [0.25, 0.3) is 16.5 Å². The maximum atomic E-state index is 13.2. The van der Waals surface area contributed by atoms with Gasteiger partial charge in [0.1, 0.15) is 11.5 Å². The summed E-state index contributed by atoms with van der Waals surface area (Å²) in [4.78, 5) is 39.7. The molecule has 0 aliphatic heterocycles. The number of aromatic nitrogens is 4. The van der Waals surface area contributed by atoms with E-state index in [4.69, 9.17) is 12.2 Å². The standard InChI is InChI=1S/C19H13FN6O3S/c20-10-5-7-11(8-6-10)26-14(9-21-19(26)30)17(28)24-25-18(29)15-12-3-1-2-4-13(12)16(27)23-22-15/h1-9H,(H,21,30)(H,23,27)(H,24,28)(H,25,29). The summed E-state index contributed by atoms with van der Waals surface area (Å²) >= 11 is 5.19. The molecule has 0 aliphatic carbocycles. The van der Waals surface area contributed by atoms with Gasteiger partial charge in [0.2, 0.25) is 0 Å². The van der Waals surface area contributed by atoms with Gasteiger partial charge in [-0.15, -0.1) is 0 Å². The van der Waals surface area contributed by atoms with Gasteiger partial charge in [-0.3, -0.25) is 29.8 Å². The normalized spacial score (nSPS) is 10.7. The van der Waals surface area contributed by atoms with Gasteiger partial charge in [-0.2, -0.15) is 5.10 Å². The van der Waals surface area contributed by atoms with E-state index in [1.54, 1.807) is 24.3 Å². The predicted octanol–water partition coefficient (Wildman–Crippen LogP) is 1.99. The van der Waals surface area contributed by atoms with Crippen molar-refractivity contribution in [1.82, 2.24) is 30.6 Å². The molecule has 0 atom stereocenters. The smallest absolute Gasteiger partial charge is 0.290 e. The first-order valence-electron chi connectivity index (χ1n) is 8.60. The zero-order valence-electron chi connectivity index (χ0n) is 15.1. The highest BCUT2D eigenvalue weighted by Gasteiger charge is 2.18. The Bertz CT molecular complexity index is 1390. The van der Waals surface area contributed by atoms with Crippen molar-refractivity contribution in [2.45, 2.75) is 0 Å². The second-order valence-electron chi connectivity index (χ2n) is 6.15. The summed E-state index contributed by atoms with van der Waals surface area (Å²) in [7, 11) is 0. The SMILES string of the molecule is O=C(NNC(=O)c1c[nH]c(=S)n1-c1ccc(F)cc1)c1n[nH]c(=O)c2ccccc12. The molecule has 0 fully saturated rings. The lowest BCUT2D eigenvalue weighted by atomic mass is 10.1. The largest absolute Gasteiger partial charge is 0.336 e. The maximum Gasteiger partial charge on any atom is 0.290 e. The van der Waals surface area contributed by atoms with Crippen molar-refractivity contribution in [2.75, 3.05) is 0 Å². The minimum atomic E-state index is -0.724. The molecule has 0 unspecified atom stereocenters. The van der Waals surface area contributed by atoms with Crippen LogP contribution in [0.15, 0.2) is 59.5 Å². The number of halogens is 1. The Morgan fingerprint density at radius 2 is 1.67 bits per heavy atom. The van der Waals surface area contributed by atoms with Gasteiger partial charge in [-0.05, 0) is 42.5 Å². The molecule has 9 nitrogen and oxygen atoms in total. The molecule has 2 aromatic carbocycles. The number of hydrazine groups is 1. The molecule has 0 radical (unpaired) electrons. The van der Waals surface area contributed by atoms with E-state index < -0.39 is 23.2 Å². The van der Waals surface area contributed by atoms with Gasteiger partial charge in [0, 0.05) is 17.3 Å². The van der Waals surface area contributed by atoms with Gasteiger partial charge in [0.15, 0.2) is 10.5 Å². The predicted molar refractivity (Wildman–Crippen MR) is 108 cm³/mol. The zero-order chi connectivity index (χ0) is 21.3. The number of aromatic amines is 2. The lowest BCUT2D eigenvalue weighted by molar-refractivity contribution is 0.0840. The molecular formula is C19H13FN6O3S. The van der Waals surface area contributed by atoms with Crippen LogP contribution in [0.5, 0.6) is 0 Å². The van der Waals surface area contributed by atoms with Crippen molar-refractivity contribution in [1.29, 1.82) is 0 Å². The quantitative estimate of drug-likeness (QED) is 0.296. The number of benzene rings is 2. The van der Waals surface area contributed by atoms with Gasteiger partial charge in [-0.25, -0.2) is 9.49 Å². The number of carbonyl (C=O) groups excluding carboxylic acids is 2. The Morgan fingerprint density at radius 1 is 1.00 bits per heavy atom. The molecule has 2 amide bonds. The maximum absolute atomic E-state index is 13.2. The number of hydrogen-bond acceptors (Lipinski definition) is 5. The third kappa shape index (κ3) is 3.49. The van der Waals surface area contributed by atoms with Crippen LogP contribution in [0.1, 0.15) is 21.0 Å². The highest BCUT2D eigenvalue weighted by atomic mass is 32.1. The molecule has 4 aromatic rings. The van der Waals surface area contributed by atoms with Crippen LogP contribution in [-0.2, 0) is 0 Å². The average molecular weight is 424 g/mol. The van der Waals surface area contributed by atoms with E-state index in [1.165, 1.54) is 35.0 Å². The first-order chi connectivity index (χ1) is 14.5. The average Bonchev–Trinajstić information content (AvgIpc) is 3.14. The summed E-state index contributed by atoms with van der Waals surface area (Å²) in [5, 5.41) is 6.65. The Hall–Kier alpha value is -4.12. The molecule has 0 bridgehead atoms. The van der Waals surface area contributed by atoms with Gasteiger partial charge < -0.3 is 4.98 Å². The molecule has 150 valence electrons. The summed E-state index contributed by atoms with van der Waals surface area (Å²) < 4.78 is 14.8. The highest BCUT2D eigenvalue weighted by Crippen LogP contribution is 2.14. The van der Waals surface area contributed by atoms with Crippen LogP contribution in [0.3, 0.4) is 0 Å². The summed E-state index contributed by atoms with van der Waals surface area (Å²) in [6, 6.07) is 11.9.